The second-order valence-corrected chi connectivity index (χ2v) is 6.81. The van der Waals surface area contributed by atoms with E-state index in [-0.39, 0.29) is 24.0 Å². The molecule has 0 bridgehead atoms. The fourth-order valence-corrected chi connectivity index (χ4v) is 3.09. The molecule has 2 heterocycles. The van der Waals surface area contributed by atoms with E-state index in [1.165, 1.54) is 4.90 Å². The van der Waals surface area contributed by atoms with Crippen molar-refractivity contribution in [2.75, 3.05) is 17.2 Å². The molecular formula is C10H12BrN3O3S. The second kappa shape index (κ2) is 4.94. The Balaban J connectivity index is 2.12. The number of amides is 1. The van der Waals surface area contributed by atoms with Crippen molar-refractivity contribution in [2.24, 2.45) is 11.1 Å². The highest BCUT2D eigenvalue weighted by atomic mass is 79.9. The van der Waals surface area contributed by atoms with Crippen molar-refractivity contribution in [3.8, 4) is 0 Å². The van der Waals surface area contributed by atoms with E-state index in [4.69, 9.17) is 5.14 Å². The summed E-state index contributed by atoms with van der Waals surface area (Å²) in [6, 6.07) is 3.49. The third kappa shape index (κ3) is 3.27. The first kappa shape index (κ1) is 13.4. The van der Waals surface area contributed by atoms with Crippen LogP contribution in [0.1, 0.15) is 6.42 Å². The van der Waals surface area contributed by atoms with Crippen LogP contribution in [0.4, 0.5) is 5.82 Å². The molecule has 1 saturated heterocycles. The molecule has 1 aliphatic rings. The van der Waals surface area contributed by atoms with E-state index in [1.54, 1.807) is 18.3 Å². The third-order valence-electron chi connectivity index (χ3n) is 2.66. The third-order valence-corrected chi connectivity index (χ3v) is 4.07. The van der Waals surface area contributed by atoms with Gasteiger partial charge in [0, 0.05) is 29.6 Å². The molecule has 1 aliphatic heterocycles. The molecule has 0 aliphatic carbocycles. The zero-order valence-corrected chi connectivity index (χ0v) is 11.8. The monoisotopic (exact) mass is 333 g/mol. The number of pyridine rings is 1. The molecule has 0 radical (unpaired) electrons. The Kier molecular flexibility index (Phi) is 3.69. The van der Waals surface area contributed by atoms with Gasteiger partial charge in [0.05, 0.1) is 5.75 Å². The van der Waals surface area contributed by atoms with Crippen molar-refractivity contribution in [2.45, 2.75) is 6.42 Å². The fraction of sp³-hybridized carbons (Fsp3) is 0.400. The molecule has 98 valence electrons. The van der Waals surface area contributed by atoms with Gasteiger partial charge in [-0.25, -0.2) is 18.5 Å². The van der Waals surface area contributed by atoms with Crippen molar-refractivity contribution in [1.82, 2.24) is 4.98 Å². The van der Waals surface area contributed by atoms with Gasteiger partial charge in [0.25, 0.3) is 0 Å². The van der Waals surface area contributed by atoms with Crippen LogP contribution in [0.5, 0.6) is 0 Å². The second-order valence-electron chi connectivity index (χ2n) is 4.24. The van der Waals surface area contributed by atoms with E-state index in [9.17, 15) is 13.2 Å². The quantitative estimate of drug-likeness (QED) is 0.870. The van der Waals surface area contributed by atoms with E-state index >= 15 is 0 Å². The molecule has 2 rings (SSSR count). The molecule has 6 nitrogen and oxygen atoms in total. The number of sulfonamides is 1. The van der Waals surface area contributed by atoms with Crippen molar-refractivity contribution >= 4 is 37.7 Å². The van der Waals surface area contributed by atoms with Crippen LogP contribution in [0.15, 0.2) is 22.8 Å². The lowest BCUT2D eigenvalue weighted by Crippen LogP contribution is -2.28. The van der Waals surface area contributed by atoms with Crippen molar-refractivity contribution in [3.05, 3.63) is 22.8 Å². The number of nitrogens with zero attached hydrogens (tertiary/aromatic N) is 2. The highest BCUT2D eigenvalue weighted by Gasteiger charge is 2.33. The Bertz CT molecular complexity index is 558. The van der Waals surface area contributed by atoms with Crippen LogP contribution in [0.25, 0.3) is 0 Å². The molecule has 8 heteroatoms. The predicted octanol–water partition coefficient (Wildman–Crippen LogP) is 0.486. The summed E-state index contributed by atoms with van der Waals surface area (Å²) >= 11 is 3.26. The smallest absolute Gasteiger partial charge is 0.228 e. The van der Waals surface area contributed by atoms with Gasteiger partial charge in [-0.05, 0) is 28.1 Å². The number of hydrogen-bond donors (Lipinski definition) is 1. The lowest BCUT2D eigenvalue weighted by atomic mass is 10.1. The maximum Gasteiger partial charge on any atom is 0.228 e. The zero-order chi connectivity index (χ0) is 13.3. The van der Waals surface area contributed by atoms with Gasteiger partial charge >= 0.3 is 0 Å². The van der Waals surface area contributed by atoms with Crippen LogP contribution >= 0.6 is 15.9 Å². The van der Waals surface area contributed by atoms with Crippen molar-refractivity contribution < 1.29 is 13.2 Å². The maximum atomic E-state index is 11.8. The minimum Gasteiger partial charge on any atom is -0.296 e. The number of halogens is 1. The number of carbonyl (C=O) groups excluding carboxylic acids is 1. The molecule has 1 fully saturated rings. The Morgan fingerprint density at radius 1 is 1.50 bits per heavy atom. The Hall–Kier alpha value is -0.990. The predicted molar refractivity (Wildman–Crippen MR) is 70.4 cm³/mol. The lowest BCUT2D eigenvalue weighted by molar-refractivity contribution is -0.117. The van der Waals surface area contributed by atoms with Crippen LogP contribution < -0.4 is 10.0 Å². The van der Waals surface area contributed by atoms with E-state index in [2.05, 4.69) is 20.9 Å². The van der Waals surface area contributed by atoms with E-state index in [0.717, 1.165) is 4.47 Å². The maximum absolute atomic E-state index is 11.8. The minimum absolute atomic E-state index is 0.126. The number of hydrogen-bond acceptors (Lipinski definition) is 4. The summed E-state index contributed by atoms with van der Waals surface area (Å²) < 4.78 is 22.8. The van der Waals surface area contributed by atoms with Crippen LogP contribution in [0.2, 0.25) is 0 Å². The molecule has 1 amide bonds. The first-order chi connectivity index (χ1) is 8.35. The van der Waals surface area contributed by atoms with Gasteiger partial charge in [-0.15, -0.1) is 0 Å². The molecule has 1 aromatic rings. The molecule has 1 atom stereocenters. The molecule has 1 unspecified atom stereocenters. The van der Waals surface area contributed by atoms with E-state index < -0.39 is 10.0 Å². The average molecular weight is 334 g/mol. The van der Waals surface area contributed by atoms with Gasteiger partial charge in [0.2, 0.25) is 15.9 Å². The molecule has 18 heavy (non-hydrogen) atoms. The number of anilines is 1. The SMILES string of the molecule is NS(=O)(=O)CC1CC(=O)N(c2ccc(Br)cn2)C1. The number of aromatic nitrogens is 1. The largest absolute Gasteiger partial charge is 0.296 e. The normalized spacial score (nSPS) is 20.4. The molecular weight excluding hydrogens is 322 g/mol. The minimum atomic E-state index is -3.55. The molecule has 0 spiro atoms. The van der Waals surface area contributed by atoms with Gasteiger partial charge in [0.15, 0.2) is 0 Å². The van der Waals surface area contributed by atoms with E-state index in [1.807, 2.05) is 0 Å². The van der Waals surface area contributed by atoms with Crippen LogP contribution in [0.3, 0.4) is 0 Å². The Morgan fingerprint density at radius 3 is 2.78 bits per heavy atom. The number of rotatable bonds is 3. The molecule has 0 saturated carbocycles. The molecule has 2 N–H and O–H groups in total. The van der Waals surface area contributed by atoms with Gasteiger partial charge in [-0.3, -0.25) is 9.69 Å². The Labute approximate surface area is 113 Å². The summed E-state index contributed by atoms with van der Waals surface area (Å²) in [6.07, 6.45) is 1.78. The number of primary sulfonamides is 1. The summed E-state index contributed by atoms with van der Waals surface area (Å²) in [6.45, 7) is 0.337. The molecule has 1 aromatic heterocycles. The lowest BCUT2D eigenvalue weighted by Gasteiger charge is -2.15. The number of nitrogens with two attached hydrogens (primary N) is 1. The highest BCUT2D eigenvalue weighted by molar-refractivity contribution is 9.10. The number of carbonyl (C=O) groups is 1. The summed E-state index contributed by atoms with van der Waals surface area (Å²) in [5, 5.41) is 4.99. The van der Waals surface area contributed by atoms with Gasteiger partial charge in [-0.2, -0.15) is 0 Å². The summed E-state index contributed by atoms with van der Waals surface area (Å²) in [7, 11) is -3.55. The van der Waals surface area contributed by atoms with Gasteiger partial charge < -0.3 is 0 Å². The topological polar surface area (TPSA) is 93.4 Å². The van der Waals surface area contributed by atoms with Gasteiger partial charge in [0.1, 0.15) is 5.82 Å². The van der Waals surface area contributed by atoms with Crippen LogP contribution in [-0.2, 0) is 14.8 Å². The van der Waals surface area contributed by atoms with Crippen LogP contribution in [-0.4, -0.2) is 31.6 Å². The van der Waals surface area contributed by atoms with Crippen molar-refractivity contribution in [1.29, 1.82) is 0 Å². The first-order valence-electron chi connectivity index (χ1n) is 5.27. The van der Waals surface area contributed by atoms with Gasteiger partial charge in [-0.1, -0.05) is 0 Å². The first-order valence-corrected chi connectivity index (χ1v) is 7.78. The van der Waals surface area contributed by atoms with Crippen LogP contribution in [0, 0.1) is 5.92 Å². The average Bonchev–Trinajstić information content (AvgIpc) is 2.58. The zero-order valence-electron chi connectivity index (χ0n) is 9.41. The van der Waals surface area contributed by atoms with E-state index in [0.29, 0.717) is 12.4 Å². The standard InChI is InChI=1S/C10H12BrN3O3S/c11-8-1-2-9(13-4-8)14-5-7(3-10(14)15)6-18(12,16)17/h1-2,4,7H,3,5-6H2,(H2,12,16,17). The molecule has 0 aromatic carbocycles. The summed E-state index contributed by atoms with van der Waals surface area (Å²) in [4.78, 5) is 17.4. The fourth-order valence-electron chi connectivity index (χ4n) is 1.97. The van der Waals surface area contributed by atoms with Crippen molar-refractivity contribution in [3.63, 3.8) is 0 Å². The Morgan fingerprint density at radius 2 is 2.22 bits per heavy atom. The highest BCUT2D eigenvalue weighted by Crippen LogP contribution is 2.24. The summed E-state index contributed by atoms with van der Waals surface area (Å²) in [5.74, 6) is -0.0391. The summed E-state index contributed by atoms with van der Waals surface area (Å²) in [5.41, 5.74) is 0.